The predicted molar refractivity (Wildman–Crippen MR) is 92.8 cm³/mol. The van der Waals surface area contributed by atoms with Gasteiger partial charge >= 0.3 is 0 Å². The molecule has 2 fully saturated rings. The fraction of sp³-hybridized carbons (Fsp3) is 0.588. The van der Waals surface area contributed by atoms with Gasteiger partial charge in [0.2, 0.25) is 0 Å². The summed E-state index contributed by atoms with van der Waals surface area (Å²) in [7, 11) is 0. The molecule has 3 unspecified atom stereocenters. The maximum Gasteiger partial charge on any atom is 0.118 e. The van der Waals surface area contributed by atoms with Crippen molar-refractivity contribution in [2.75, 3.05) is 19.8 Å². The van der Waals surface area contributed by atoms with Crippen molar-refractivity contribution in [3.8, 4) is 0 Å². The van der Waals surface area contributed by atoms with Gasteiger partial charge in [-0.05, 0) is 35.2 Å². The zero-order chi connectivity index (χ0) is 15.5. The second kappa shape index (κ2) is 7.40. The van der Waals surface area contributed by atoms with Gasteiger partial charge in [0, 0.05) is 36.6 Å². The molecule has 1 saturated carbocycles. The summed E-state index contributed by atoms with van der Waals surface area (Å²) in [5, 5.41) is 7.48. The van der Waals surface area contributed by atoms with E-state index >= 15 is 0 Å². The van der Waals surface area contributed by atoms with Gasteiger partial charge in [-0.15, -0.1) is 11.3 Å². The largest absolute Gasteiger partial charge is 0.375 e. The predicted octanol–water partition coefficient (Wildman–Crippen LogP) is 3.40. The Hall–Kier alpha value is -0.790. The standard InChI is InChI=1S/C17H22N2O2S2/c1-2-15-17(14(1)10-20-11-16-18-4-8-23-16)21-6-5-19(15)9-13-3-7-22-12-13/h3-4,7-8,12,14-15,17H,1-2,5-6,9-11H2. The van der Waals surface area contributed by atoms with Crippen LogP contribution < -0.4 is 0 Å². The van der Waals surface area contributed by atoms with Gasteiger partial charge in [-0.1, -0.05) is 0 Å². The zero-order valence-corrected chi connectivity index (χ0v) is 14.7. The quantitative estimate of drug-likeness (QED) is 0.800. The van der Waals surface area contributed by atoms with Crippen molar-refractivity contribution >= 4 is 22.7 Å². The molecule has 2 aliphatic rings. The lowest BCUT2D eigenvalue weighted by Gasteiger charge is -2.39. The Kier molecular flexibility index (Phi) is 5.06. The number of fused-ring (bicyclic) bond motifs is 1. The number of ether oxygens (including phenoxy) is 2. The molecule has 2 aromatic rings. The van der Waals surface area contributed by atoms with Gasteiger partial charge in [0.25, 0.3) is 0 Å². The van der Waals surface area contributed by atoms with E-state index in [-0.39, 0.29) is 0 Å². The van der Waals surface area contributed by atoms with Crippen molar-refractivity contribution in [1.82, 2.24) is 9.88 Å². The summed E-state index contributed by atoms with van der Waals surface area (Å²) < 4.78 is 12.0. The average molecular weight is 351 g/mol. The molecule has 0 radical (unpaired) electrons. The van der Waals surface area contributed by atoms with Crippen molar-refractivity contribution in [3.63, 3.8) is 0 Å². The molecule has 2 aromatic heterocycles. The van der Waals surface area contributed by atoms with Gasteiger partial charge in [-0.2, -0.15) is 11.3 Å². The SMILES string of the molecule is c1csc(COCC2CCC3C2OCCN3Cc2ccsc2)n1. The Morgan fingerprint density at radius 2 is 2.35 bits per heavy atom. The van der Waals surface area contributed by atoms with Gasteiger partial charge < -0.3 is 9.47 Å². The number of aromatic nitrogens is 1. The summed E-state index contributed by atoms with van der Waals surface area (Å²) >= 11 is 3.44. The van der Waals surface area contributed by atoms with E-state index in [0.29, 0.717) is 24.7 Å². The molecule has 0 amide bonds. The van der Waals surface area contributed by atoms with E-state index in [1.54, 1.807) is 22.7 Å². The maximum atomic E-state index is 6.12. The van der Waals surface area contributed by atoms with Crippen LogP contribution in [0, 0.1) is 5.92 Å². The summed E-state index contributed by atoms with van der Waals surface area (Å²) in [6.07, 6.45) is 4.59. The molecule has 0 N–H and O–H groups in total. The molecule has 1 aliphatic heterocycles. The normalized spacial score (nSPS) is 28.1. The van der Waals surface area contributed by atoms with E-state index in [2.05, 4.69) is 26.7 Å². The first-order valence-corrected chi connectivity index (χ1v) is 10.1. The second-order valence-corrected chi connectivity index (χ2v) is 8.04. The summed E-state index contributed by atoms with van der Waals surface area (Å²) in [4.78, 5) is 6.88. The number of hydrogen-bond acceptors (Lipinski definition) is 6. The van der Waals surface area contributed by atoms with Crippen LogP contribution in [0.1, 0.15) is 23.4 Å². The minimum atomic E-state index is 0.332. The maximum absolute atomic E-state index is 6.12. The number of morpholine rings is 1. The number of rotatable bonds is 6. The topological polar surface area (TPSA) is 34.6 Å². The van der Waals surface area contributed by atoms with Crippen LogP contribution in [-0.2, 0) is 22.6 Å². The molecule has 0 bridgehead atoms. The highest BCUT2D eigenvalue weighted by molar-refractivity contribution is 7.09. The van der Waals surface area contributed by atoms with Crippen LogP contribution in [0.2, 0.25) is 0 Å². The second-order valence-electron chi connectivity index (χ2n) is 6.28. The van der Waals surface area contributed by atoms with Crippen molar-refractivity contribution in [1.29, 1.82) is 0 Å². The molecule has 3 atom stereocenters. The van der Waals surface area contributed by atoms with Gasteiger partial charge in [0.1, 0.15) is 5.01 Å². The fourth-order valence-corrected chi connectivity index (χ4v) is 4.96. The molecule has 124 valence electrons. The molecule has 6 heteroatoms. The van der Waals surface area contributed by atoms with Crippen LogP contribution in [-0.4, -0.2) is 41.8 Å². The van der Waals surface area contributed by atoms with Crippen molar-refractivity contribution in [2.45, 2.75) is 38.1 Å². The smallest absolute Gasteiger partial charge is 0.118 e. The van der Waals surface area contributed by atoms with Crippen LogP contribution in [0.25, 0.3) is 0 Å². The highest BCUT2D eigenvalue weighted by Crippen LogP contribution is 2.35. The Balaban J connectivity index is 1.31. The monoisotopic (exact) mass is 350 g/mol. The number of thiophene rings is 1. The first kappa shape index (κ1) is 15.7. The third kappa shape index (κ3) is 3.67. The summed E-state index contributed by atoms with van der Waals surface area (Å²) in [6, 6.07) is 2.79. The third-order valence-electron chi connectivity index (χ3n) is 4.84. The summed E-state index contributed by atoms with van der Waals surface area (Å²) in [5.74, 6) is 0.519. The minimum absolute atomic E-state index is 0.332. The van der Waals surface area contributed by atoms with E-state index in [1.165, 1.54) is 18.4 Å². The Morgan fingerprint density at radius 3 is 3.17 bits per heavy atom. The molecule has 0 spiro atoms. The zero-order valence-electron chi connectivity index (χ0n) is 13.1. The minimum Gasteiger partial charge on any atom is -0.375 e. The van der Waals surface area contributed by atoms with Crippen LogP contribution in [0.5, 0.6) is 0 Å². The van der Waals surface area contributed by atoms with E-state index < -0.39 is 0 Å². The fourth-order valence-electron chi connectivity index (χ4n) is 3.75. The molecular weight excluding hydrogens is 328 g/mol. The molecule has 4 nitrogen and oxygen atoms in total. The van der Waals surface area contributed by atoms with E-state index in [9.17, 15) is 0 Å². The van der Waals surface area contributed by atoms with Crippen molar-refractivity contribution in [3.05, 3.63) is 39.0 Å². The van der Waals surface area contributed by atoms with E-state index in [1.807, 2.05) is 11.6 Å². The van der Waals surface area contributed by atoms with E-state index in [4.69, 9.17) is 9.47 Å². The van der Waals surface area contributed by atoms with Crippen molar-refractivity contribution < 1.29 is 9.47 Å². The molecule has 1 aliphatic carbocycles. The molecule has 3 heterocycles. The first-order valence-electron chi connectivity index (χ1n) is 8.23. The average Bonchev–Trinajstić information content (AvgIpc) is 3.30. The Morgan fingerprint density at radius 1 is 1.35 bits per heavy atom. The molecule has 0 aromatic carbocycles. The highest BCUT2D eigenvalue weighted by Gasteiger charge is 2.42. The van der Waals surface area contributed by atoms with Gasteiger partial charge in [0.15, 0.2) is 0 Å². The summed E-state index contributed by atoms with van der Waals surface area (Å²) in [6.45, 7) is 4.36. The Bertz CT molecular complexity index is 588. The first-order chi connectivity index (χ1) is 11.4. The molecular formula is C17H22N2O2S2. The Labute approximate surface area is 145 Å². The van der Waals surface area contributed by atoms with Gasteiger partial charge in [-0.3, -0.25) is 4.90 Å². The van der Waals surface area contributed by atoms with Crippen LogP contribution in [0.3, 0.4) is 0 Å². The highest BCUT2D eigenvalue weighted by atomic mass is 32.1. The number of nitrogens with zero attached hydrogens (tertiary/aromatic N) is 2. The number of thiazole rings is 1. The lowest BCUT2D eigenvalue weighted by Crippen LogP contribution is -2.50. The summed E-state index contributed by atoms with van der Waals surface area (Å²) in [5.41, 5.74) is 1.43. The lowest BCUT2D eigenvalue weighted by atomic mass is 10.0. The number of hydrogen-bond donors (Lipinski definition) is 0. The molecule has 23 heavy (non-hydrogen) atoms. The molecule has 1 saturated heterocycles. The third-order valence-corrected chi connectivity index (χ3v) is 6.33. The van der Waals surface area contributed by atoms with Crippen LogP contribution in [0.4, 0.5) is 0 Å². The van der Waals surface area contributed by atoms with Gasteiger partial charge in [-0.25, -0.2) is 4.98 Å². The lowest BCUT2D eigenvalue weighted by molar-refractivity contribution is -0.0891. The van der Waals surface area contributed by atoms with Crippen LogP contribution >= 0.6 is 22.7 Å². The van der Waals surface area contributed by atoms with Crippen molar-refractivity contribution in [2.24, 2.45) is 5.92 Å². The van der Waals surface area contributed by atoms with E-state index in [0.717, 1.165) is 31.3 Å². The van der Waals surface area contributed by atoms with Gasteiger partial charge in [0.05, 0.1) is 25.9 Å². The van der Waals surface area contributed by atoms with Crippen LogP contribution in [0.15, 0.2) is 28.4 Å². The molecule has 4 rings (SSSR count).